The molecule has 3 heterocycles. The van der Waals surface area contributed by atoms with E-state index >= 15 is 0 Å². The molecule has 3 aliphatic rings. The first-order valence-electron chi connectivity index (χ1n) is 7.87. The van der Waals surface area contributed by atoms with E-state index in [9.17, 15) is 4.79 Å². The molecule has 114 valence electrons. The lowest BCUT2D eigenvalue weighted by Crippen LogP contribution is -2.45. The van der Waals surface area contributed by atoms with Crippen LogP contribution in [0, 0.1) is 6.92 Å². The normalized spacial score (nSPS) is 34.7. The van der Waals surface area contributed by atoms with E-state index < -0.39 is 0 Å². The molecule has 0 aromatic carbocycles. The minimum Gasteiger partial charge on any atom is -0.378 e. The van der Waals surface area contributed by atoms with Crippen LogP contribution in [0.3, 0.4) is 0 Å². The van der Waals surface area contributed by atoms with Gasteiger partial charge in [0.1, 0.15) is 11.7 Å². The van der Waals surface area contributed by atoms with Crippen molar-refractivity contribution in [3.05, 3.63) is 21.9 Å². The van der Waals surface area contributed by atoms with Crippen molar-refractivity contribution in [1.82, 2.24) is 10.2 Å². The second kappa shape index (κ2) is 4.80. The van der Waals surface area contributed by atoms with Crippen molar-refractivity contribution < 1.29 is 9.53 Å². The minimum absolute atomic E-state index is 0.0639. The van der Waals surface area contributed by atoms with Gasteiger partial charge in [-0.15, -0.1) is 11.3 Å². The summed E-state index contributed by atoms with van der Waals surface area (Å²) in [5.41, 5.74) is -0.246. The molecule has 1 aromatic rings. The predicted molar refractivity (Wildman–Crippen MR) is 82.2 cm³/mol. The third-order valence-electron chi connectivity index (χ3n) is 4.97. The smallest absolute Gasteiger partial charge is 0.244 e. The Morgan fingerprint density at radius 3 is 2.86 bits per heavy atom. The summed E-state index contributed by atoms with van der Waals surface area (Å²) in [6.45, 7) is 4.99. The topological polar surface area (TPSA) is 41.6 Å². The average Bonchev–Trinajstić information content (AvgIpc) is 3.02. The largest absolute Gasteiger partial charge is 0.378 e. The first-order valence-corrected chi connectivity index (χ1v) is 8.69. The zero-order valence-corrected chi connectivity index (χ0v) is 13.4. The van der Waals surface area contributed by atoms with Gasteiger partial charge in [-0.3, -0.25) is 10.1 Å². The molecule has 3 unspecified atom stereocenters. The lowest BCUT2D eigenvalue weighted by atomic mass is 10.0. The number of hydrogen-bond acceptors (Lipinski definition) is 4. The molecule has 4 rings (SSSR count). The van der Waals surface area contributed by atoms with Crippen LogP contribution in [-0.4, -0.2) is 35.1 Å². The van der Waals surface area contributed by atoms with E-state index in [0.717, 1.165) is 32.3 Å². The van der Waals surface area contributed by atoms with Crippen LogP contribution in [0.5, 0.6) is 0 Å². The monoisotopic (exact) mass is 306 g/mol. The SMILES string of the molecule is Cc1ccc(C2NC3(CC3)C(=O)N2C2CCOC(C)C2)s1. The van der Waals surface area contributed by atoms with Gasteiger partial charge in [-0.25, -0.2) is 0 Å². The van der Waals surface area contributed by atoms with Crippen molar-refractivity contribution in [2.24, 2.45) is 0 Å². The number of hydrogen-bond donors (Lipinski definition) is 1. The van der Waals surface area contributed by atoms with E-state index in [-0.39, 0.29) is 17.8 Å². The number of nitrogens with zero attached hydrogens (tertiary/aromatic N) is 1. The fourth-order valence-corrected chi connectivity index (χ4v) is 4.58. The number of rotatable bonds is 2. The summed E-state index contributed by atoms with van der Waals surface area (Å²) in [5, 5.41) is 3.63. The highest BCUT2D eigenvalue weighted by Crippen LogP contribution is 2.48. The average molecular weight is 306 g/mol. The Hall–Kier alpha value is -0.910. The summed E-state index contributed by atoms with van der Waals surface area (Å²) in [5.74, 6) is 0.317. The lowest BCUT2D eigenvalue weighted by molar-refractivity contribution is -0.136. The maximum absolute atomic E-state index is 12.9. The van der Waals surface area contributed by atoms with Crippen LogP contribution in [0.2, 0.25) is 0 Å². The summed E-state index contributed by atoms with van der Waals surface area (Å²) in [6, 6.07) is 4.62. The molecule has 21 heavy (non-hydrogen) atoms. The van der Waals surface area contributed by atoms with E-state index in [4.69, 9.17) is 4.74 Å². The quantitative estimate of drug-likeness (QED) is 0.913. The fourth-order valence-electron chi connectivity index (χ4n) is 3.65. The van der Waals surface area contributed by atoms with Crippen LogP contribution in [-0.2, 0) is 9.53 Å². The Bertz CT molecular complexity index is 566. The molecule has 1 aliphatic carbocycles. The maximum Gasteiger partial charge on any atom is 0.244 e. The summed E-state index contributed by atoms with van der Waals surface area (Å²) in [6.07, 6.45) is 4.19. The van der Waals surface area contributed by atoms with Gasteiger partial charge in [-0.05, 0) is 51.7 Å². The molecule has 2 saturated heterocycles. The van der Waals surface area contributed by atoms with Crippen LogP contribution in [0.25, 0.3) is 0 Å². The Balaban J connectivity index is 1.65. The van der Waals surface area contributed by atoms with Crippen LogP contribution < -0.4 is 5.32 Å². The summed E-state index contributed by atoms with van der Waals surface area (Å²) in [4.78, 5) is 17.6. The number of carbonyl (C=O) groups is 1. The van der Waals surface area contributed by atoms with Crippen LogP contribution >= 0.6 is 11.3 Å². The van der Waals surface area contributed by atoms with Gasteiger partial charge in [-0.1, -0.05) is 0 Å². The Morgan fingerprint density at radius 2 is 2.24 bits per heavy atom. The summed E-state index contributed by atoms with van der Waals surface area (Å²) >= 11 is 1.80. The van der Waals surface area contributed by atoms with E-state index in [1.807, 2.05) is 0 Å². The molecule has 0 radical (unpaired) electrons. The van der Waals surface area contributed by atoms with Gasteiger partial charge in [0.15, 0.2) is 0 Å². The predicted octanol–water partition coefficient (Wildman–Crippen LogP) is 2.59. The molecule has 1 aromatic heterocycles. The number of carbonyl (C=O) groups excluding carboxylic acids is 1. The van der Waals surface area contributed by atoms with Crippen LogP contribution in [0.1, 0.15) is 48.5 Å². The van der Waals surface area contributed by atoms with Crippen molar-refractivity contribution in [1.29, 1.82) is 0 Å². The fraction of sp³-hybridized carbons (Fsp3) is 0.688. The molecule has 1 N–H and O–H groups in total. The third-order valence-corrected chi connectivity index (χ3v) is 6.02. The van der Waals surface area contributed by atoms with Gasteiger partial charge in [-0.2, -0.15) is 0 Å². The molecule has 4 nitrogen and oxygen atoms in total. The molecular weight excluding hydrogens is 284 g/mol. The van der Waals surface area contributed by atoms with Crippen molar-refractivity contribution in [2.75, 3.05) is 6.61 Å². The maximum atomic E-state index is 12.9. The number of nitrogens with one attached hydrogen (secondary N) is 1. The second-order valence-corrected chi connectivity index (χ2v) is 7.97. The molecule has 2 aliphatic heterocycles. The van der Waals surface area contributed by atoms with Gasteiger partial charge in [0.05, 0.1) is 6.10 Å². The lowest BCUT2D eigenvalue weighted by Gasteiger charge is -2.37. The Morgan fingerprint density at radius 1 is 1.43 bits per heavy atom. The number of amides is 1. The van der Waals surface area contributed by atoms with Crippen molar-refractivity contribution in [3.8, 4) is 0 Å². The number of aryl methyl sites for hydroxylation is 1. The molecule has 1 spiro atoms. The number of ether oxygens (including phenoxy) is 1. The van der Waals surface area contributed by atoms with Gasteiger partial charge in [0, 0.05) is 22.4 Å². The second-order valence-electron chi connectivity index (χ2n) is 6.65. The highest BCUT2D eigenvalue weighted by Gasteiger charge is 2.60. The molecule has 3 fully saturated rings. The van der Waals surface area contributed by atoms with Crippen LogP contribution in [0.15, 0.2) is 12.1 Å². The molecular formula is C16H22N2O2S. The highest BCUT2D eigenvalue weighted by atomic mass is 32.1. The van der Waals surface area contributed by atoms with Crippen molar-refractivity contribution in [2.45, 2.75) is 63.4 Å². The Labute approximate surface area is 129 Å². The summed E-state index contributed by atoms with van der Waals surface area (Å²) in [7, 11) is 0. The highest BCUT2D eigenvalue weighted by molar-refractivity contribution is 7.12. The first-order chi connectivity index (χ1) is 10.1. The van der Waals surface area contributed by atoms with Gasteiger partial charge in [0.25, 0.3) is 0 Å². The third kappa shape index (κ3) is 2.22. The molecule has 3 atom stereocenters. The minimum atomic E-state index is -0.246. The van der Waals surface area contributed by atoms with E-state index in [2.05, 4.69) is 36.2 Å². The molecule has 5 heteroatoms. The summed E-state index contributed by atoms with van der Waals surface area (Å²) < 4.78 is 5.66. The van der Waals surface area contributed by atoms with Gasteiger partial charge < -0.3 is 9.64 Å². The van der Waals surface area contributed by atoms with Crippen molar-refractivity contribution in [3.63, 3.8) is 0 Å². The molecule has 1 amide bonds. The molecule has 0 bridgehead atoms. The van der Waals surface area contributed by atoms with E-state index in [1.165, 1.54) is 9.75 Å². The zero-order valence-electron chi connectivity index (χ0n) is 12.6. The first kappa shape index (κ1) is 13.7. The zero-order chi connectivity index (χ0) is 14.6. The van der Waals surface area contributed by atoms with E-state index in [1.54, 1.807) is 11.3 Å². The Kier molecular flexibility index (Phi) is 3.14. The van der Waals surface area contributed by atoms with Crippen molar-refractivity contribution >= 4 is 17.2 Å². The number of thiophene rings is 1. The van der Waals surface area contributed by atoms with Gasteiger partial charge >= 0.3 is 0 Å². The molecule has 1 saturated carbocycles. The van der Waals surface area contributed by atoms with Crippen LogP contribution in [0.4, 0.5) is 0 Å². The van der Waals surface area contributed by atoms with E-state index in [0.29, 0.717) is 11.9 Å². The standard InChI is InChI=1S/C16H22N2O2S/c1-10-9-12(5-8-20-10)18-14(13-4-3-11(2)21-13)17-16(6-7-16)15(18)19/h3-4,10,12,14,17H,5-9H2,1-2H3. The van der Waals surface area contributed by atoms with Gasteiger partial charge in [0.2, 0.25) is 5.91 Å².